The fraction of sp³-hybridized carbons (Fsp3) is 0.625. The molecule has 0 amide bonds. The van der Waals surface area contributed by atoms with Crippen LogP contribution in [0, 0.1) is 11.8 Å². The Balaban J connectivity index is -0.0000000600. The van der Waals surface area contributed by atoms with Gasteiger partial charge in [0.25, 0.3) is 0 Å². The molecule has 0 nitrogen and oxygen atoms in total. The molecule has 0 rings (SSSR count). The largest absolute Gasteiger partial charge is 0.107 e. The third kappa shape index (κ3) is 205. The van der Waals surface area contributed by atoms with Gasteiger partial charge in [-0.2, -0.15) is 0 Å². The predicted molar refractivity (Wildman–Crippen MR) is 80.7 cm³/mol. The van der Waals surface area contributed by atoms with Crippen LogP contribution in [0.2, 0.25) is 0 Å². The SMILES string of the molecule is CC#CC.CC=CC.CC=CC.CCCC. The zero-order valence-electron chi connectivity index (χ0n) is 12.7. The van der Waals surface area contributed by atoms with Crippen molar-refractivity contribution in [1.29, 1.82) is 0 Å². The molecule has 0 aromatic carbocycles. The second kappa shape index (κ2) is 48.2. The molecule has 0 aliphatic carbocycles. The third-order valence-corrected chi connectivity index (χ3v) is 1.42. The van der Waals surface area contributed by atoms with E-state index in [0.29, 0.717) is 0 Å². The lowest BCUT2D eigenvalue weighted by molar-refractivity contribution is 0.886. The van der Waals surface area contributed by atoms with Gasteiger partial charge in [0.05, 0.1) is 0 Å². The van der Waals surface area contributed by atoms with Crippen LogP contribution in [-0.4, -0.2) is 0 Å². The molecule has 0 bridgehead atoms. The van der Waals surface area contributed by atoms with Gasteiger partial charge >= 0.3 is 0 Å². The van der Waals surface area contributed by atoms with Gasteiger partial charge in [-0.1, -0.05) is 51.0 Å². The number of hydrogen-bond acceptors (Lipinski definition) is 0. The van der Waals surface area contributed by atoms with E-state index in [1.165, 1.54) is 12.8 Å². The normalized spacial score (nSPS) is 7.50. The molecule has 0 unspecified atom stereocenters. The van der Waals surface area contributed by atoms with Crippen molar-refractivity contribution in [2.45, 2.75) is 68.2 Å². The molecular weight excluding hydrogens is 192 g/mol. The molecule has 0 aliphatic heterocycles. The number of rotatable bonds is 1. The molecule has 16 heavy (non-hydrogen) atoms. The van der Waals surface area contributed by atoms with Crippen LogP contribution in [0.5, 0.6) is 0 Å². The molecule has 0 saturated carbocycles. The van der Waals surface area contributed by atoms with E-state index in [1.807, 2.05) is 65.8 Å². The average Bonchev–Trinajstić information content (AvgIpc) is 2.39. The standard InChI is InChI=1S/C4H10.2C4H8.C4H6/c4*1-3-4-2/h3-4H2,1-2H3;2*3-4H,1-2H3;1-2H3. The van der Waals surface area contributed by atoms with Crippen molar-refractivity contribution in [3.63, 3.8) is 0 Å². The average molecular weight is 224 g/mol. The topological polar surface area (TPSA) is 0 Å². The van der Waals surface area contributed by atoms with Crippen molar-refractivity contribution in [3.05, 3.63) is 24.3 Å². The Labute approximate surface area is 105 Å². The zero-order chi connectivity index (χ0) is 13.7. The van der Waals surface area contributed by atoms with Gasteiger partial charge in [0.15, 0.2) is 0 Å². The van der Waals surface area contributed by atoms with E-state index in [2.05, 4.69) is 25.7 Å². The molecule has 0 radical (unpaired) electrons. The van der Waals surface area contributed by atoms with Gasteiger partial charge in [0.2, 0.25) is 0 Å². The maximum Gasteiger partial charge on any atom is -0.00271 e. The molecule has 0 heterocycles. The van der Waals surface area contributed by atoms with Gasteiger partial charge < -0.3 is 0 Å². The fourth-order valence-corrected chi connectivity index (χ4v) is 0. The Bertz CT molecular complexity index is 136. The lowest BCUT2D eigenvalue weighted by atomic mass is 10.4. The van der Waals surface area contributed by atoms with Crippen LogP contribution >= 0.6 is 0 Å². The second-order valence-electron chi connectivity index (χ2n) is 2.83. The summed E-state index contributed by atoms with van der Waals surface area (Å²) >= 11 is 0. The van der Waals surface area contributed by atoms with Crippen molar-refractivity contribution in [2.24, 2.45) is 0 Å². The molecule has 0 saturated heterocycles. The maximum absolute atomic E-state index is 2.68. The first-order valence-electron chi connectivity index (χ1n) is 6.14. The molecule has 0 spiro atoms. The van der Waals surface area contributed by atoms with E-state index in [4.69, 9.17) is 0 Å². The summed E-state index contributed by atoms with van der Waals surface area (Å²) in [6, 6.07) is 0. The van der Waals surface area contributed by atoms with Gasteiger partial charge in [0, 0.05) is 0 Å². The van der Waals surface area contributed by atoms with Crippen molar-refractivity contribution in [3.8, 4) is 11.8 Å². The minimum Gasteiger partial charge on any atom is -0.107 e. The number of allylic oxidation sites excluding steroid dienone is 4. The van der Waals surface area contributed by atoms with Crippen LogP contribution in [0.25, 0.3) is 0 Å². The third-order valence-electron chi connectivity index (χ3n) is 1.42. The van der Waals surface area contributed by atoms with Crippen LogP contribution in [0.3, 0.4) is 0 Å². The molecule has 0 aromatic heterocycles. The molecule has 0 aromatic rings. The lowest BCUT2D eigenvalue weighted by Crippen LogP contribution is -1.47. The Morgan fingerprint density at radius 2 is 0.812 bits per heavy atom. The summed E-state index contributed by atoms with van der Waals surface area (Å²) in [6.07, 6.45) is 10.6. The summed E-state index contributed by atoms with van der Waals surface area (Å²) in [5.41, 5.74) is 0. The predicted octanol–water partition coefficient (Wildman–Crippen LogP) is 6.00. The van der Waals surface area contributed by atoms with E-state index < -0.39 is 0 Å². The Hall–Kier alpha value is -0.960. The minimum atomic E-state index is 1.32. The first kappa shape index (κ1) is 24.3. The van der Waals surface area contributed by atoms with Crippen molar-refractivity contribution >= 4 is 0 Å². The first-order valence-corrected chi connectivity index (χ1v) is 6.14. The van der Waals surface area contributed by atoms with Crippen LogP contribution in [0.4, 0.5) is 0 Å². The molecule has 96 valence electrons. The van der Waals surface area contributed by atoms with E-state index >= 15 is 0 Å². The first-order chi connectivity index (χ1) is 7.66. The van der Waals surface area contributed by atoms with Crippen molar-refractivity contribution in [2.75, 3.05) is 0 Å². The van der Waals surface area contributed by atoms with E-state index in [-0.39, 0.29) is 0 Å². The smallest absolute Gasteiger partial charge is 0.00271 e. The molecule has 0 heteroatoms. The van der Waals surface area contributed by atoms with Gasteiger partial charge in [-0.3, -0.25) is 0 Å². The minimum absolute atomic E-state index is 1.32. The molecular formula is C16H32. The van der Waals surface area contributed by atoms with E-state index in [9.17, 15) is 0 Å². The summed E-state index contributed by atoms with van der Waals surface area (Å²) < 4.78 is 0. The summed E-state index contributed by atoms with van der Waals surface area (Å²) in [4.78, 5) is 0. The summed E-state index contributed by atoms with van der Waals surface area (Å²) in [6.45, 7) is 16.0. The van der Waals surface area contributed by atoms with Gasteiger partial charge in [-0.25, -0.2) is 0 Å². The van der Waals surface area contributed by atoms with E-state index in [1.54, 1.807) is 0 Å². The summed E-state index contributed by atoms with van der Waals surface area (Å²) in [5.74, 6) is 5.36. The van der Waals surface area contributed by atoms with Crippen LogP contribution in [0.1, 0.15) is 68.2 Å². The lowest BCUT2D eigenvalue weighted by Gasteiger charge is -1.68. The van der Waals surface area contributed by atoms with Crippen molar-refractivity contribution < 1.29 is 0 Å². The zero-order valence-corrected chi connectivity index (χ0v) is 12.7. The number of unbranched alkanes of at least 4 members (excludes halogenated alkanes) is 1. The fourth-order valence-electron chi connectivity index (χ4n) is 0. The highest BCUT2D eigenvalue weighted by Gasteiger charge is 1.56. The highest BCUT2D eigenvalue weighted by Crippen LogP contribution is 1.76. The maximum atomic E-state index is 2.68. The Morgan fingerprint density at radius 1 is 0.625 bits per heavy atom. The summed E-state index contributed by atoms with van der Waals surface area (Å²) in [5, 5.41) is 0. The Morgan fingerprint density at radius 3 is 0.812 bits per heavy atom. The van der Waals surface area contributed by atoms with Gasteiger partial charge in [0.1, 0.15) is 0 Å². The Kier molecular flexibility index (Phi) is 73.2. The summed E-state index contributed by atoms with van der Waals surface area (Å²) in [7, 11) is 0. The highest BCUT2D eigenvalue weighted by molar-refractivity contribution is 4.89. The second-order valence-corrected chi connectivity index (χ2v) is 2.83. The monoisotopic (exact) mass is 224 g/mol. The van der Waals surface area contributed by atoms with Gasteiger partial charge in [-0.05, 0) is 41.5 Å². The molecule has 0 fully saturated rings. The van der Waals surface area contributed by atoms with Crippen molar-refractivity contribution in [1.82, 2.24) is 0 Å². The van der Waals surface area contributed by atoms with Gasteiger partial charge in [-0.15, -0.1) is 11.8 Å². The molecule has 0 atom stereocenters. The van der Waals surface area contributed by atoms with Crippen LogP contribution < -0.4 is 0 Å². The molecule has 0 N–H and O–H groups in total. The van der Waals surface area contributed by atoms with Crippen LogP contribution in [0.15, 0.2) is 24.3 Å². The van der Waals surface area contributed by atoms with E-state index in [0.717, 1.165) is 0 Å². The quantitative estimate of drug-likeness (QED) is 0.378. The number of hydrogen-bond donors (Lipinski definition) is 0. The van der Waals surface area contributed by atoms with Crippen LogP contribution in [-0.2, 0) is 0 Å². The highest BCUT2D eigenvalue weighted by atomic mass is 13.6. The molecule has 0 aliphatic rings.